The van der Waals surface area contributed by atoms with Crippen molar-refractivity contribution in [1.29, 1.82) is 0 Å². The summed E-state index contributed by atoms with van der Waals surface area (Å²) in [5.74, 6) is -0.506. The molecule has 5 heteroatoms. The van der Waals surface area contributed by atoms with E-state index in [-0.39, 0.29) is 13.2 Å². The quantitative estimate of drug-likeness (QED) is 0.102. The van der Waals surface area contributed by atoms with Gasteiger partial charge in [0.1, 0.15) is 6.10 Å². The number of unbranched alkanes of at least 4 members (excludes halogenated alkanes) is 14. The molecule has 0 aliphatic carbocycles. The van der Waals surface area contributed by atoms with Crippen LogP contribution in [0.5, 0.6) is 0 Å². The van der Waals surface area contributed by atoms with Gasteiger partial charge in [0.2, 0.25) is 5.91 Å². The molecule has 0 radical (unpaired) electrons. The second kappa shape index (κ2) is 22.4. The zero-order valence-corrected chi connectivity index (χ0v) is 24.7. The van der Waals surface area contributed by atoms with Crippen molar-refractivity contribution in [1.82, 2.24) is 5.32 Å². The van der Waals surface area contributed by atoms with Crippen molar-refractivity contribution in [2.45, 2.75) is 154 Å². The number of nitrogens with one attached hydrogen (secondary N) is 1. The Kier molecular flexibility index (Phi) is 20.4. The van der Waals surface area contributed by atoms with Crippen LogP contribution in [0.2, 0.25) is 0 Å². The van der Waals surface area contributed by atoms with Gasteiger partial charge in [0.25, 0.3) is 0 Å². The Morgan fingerprint density at radius 3 is 1.58 bits per heavy atom. The van der Waals surface area contributed by atoms with Crippen molar-refractivity contribution in [3.8, 4) is 0 Å². The molecular formula is C33H59NO4. The summed E-state index contributed by atoms with van der Waals surface area (Å²) in [7, 11) is 0. The molecule has 38 heavy (non-hydrogen) atoms. The Morgan fingerprint density at radius 2 is 1.11 bits per heavy atom. The van der Waals surface area contributed by atoms with Crippen molar-refractivity contribution < 1.29 is 20.1 Å². The number of carbonyl (C=O) groups excluding carboxylic acids is 1. The molecule has 0 spiro atoms. The lowest BCUT2D eigenvalue weighted by molar-refractivity contribution is -0.133. The van der Waals surface area contributed by atoms with Crippen LogP contribution in [0.3, 0.4) is 0 Å². The van der Waals surface area contributed by atoms with E-state index in [1.807, 2.05) is 0 Å². The average molecular weight is 534 g/mol. The van der Waals surface area contributed by atoms with Crippen molar-refractivity contribution in [2.24, 2.45) is 0 Å². The van der Waals surface area contributed by atoms with Crippen LogP contribution >= 0.6 is 0 Å². The first kappa shape index (κ1) is 34.6. The number of amides is 1. The minimum Gasteiger partial charge on any atom is -0.394 e. The molecule has 0 fully saturated rings. The molecule has 5 nitrogen and oxygen atoms in total. The lowest BCUT2D eigenvalue weighted by Gasteiger charge is -2.32. The summed E-state index contributed by atoms with van der Waals surface area (Å²) >= 11 is 0. The molecular weight excluding hydrogens is 474 g/mol. The summed E-state index contributed by atoms with van der Waals surface area (Å²) < 4.78 is 0. The highest BCUT2D eigenvalue weighted by molar-refractivity contribution is 5.81. The highest BCUT2D eigenvalue weighted by Crippen LogP contribution is 2.18. The van der Waals surface area contributed by atoms with E-state index in [2.05, 4.69) is 43.4 Å². The van der Waals surface area contributed by atoms with Gasteiger partial charge >= 0.3 is 0 Å². The van der Waals surface area contributed by atoms with Crippen LogP contribution in [-0.2, 0) is 17.6 Å². The lowest BCUT2D eigenvalue weighted by Crippen LogP contribution is -2.57. The molecule has 0 aliphatic rings. The Hall–Kier alpha value is -1.43. The largest absolute Gasteiger partial charge is 0.394 e. The summed E-state index contributed by atoms with van der Waals surface area (Å²) in [4.78, 5) is 12.6. The monoisotopic (exact) mass is 533 g/mol. The second-order valence-corrected chi connectivity index (χ2v) is 11.4. The van der Waals surface area contributed by atoms with Crippen molar-refractivity contribution in [2.75, 3.05) is 13.2 Å². The van der Waals surface area contributed by atoms with E-state index in [0.717, 1.165) is 31.2 Å². The molecule has 0 bridgehead atoms. The summed E-state index contributed by atoms with van der Waals surface area (Å²) in [6.45, 7) is 3.71. The molecule has 1 unspecified atom stereocenters. The molecule has 1 amide bonds. The van der Waals surface area contributed by atoms with Gasteiger partial charge in [-0.3, -0.25) is 4.79 Å². The van der Waals surface area contributed by atoms with Crippen LogP contribution in [0.1, 0.15) is 141 Å². The van der Waals surface area contributed by atoms with Crippen molar-refractivity contribution in [3.63, 3.8) is 0 Å². The van der Waals surface area contributed by atoms with Gasteiger partial charge in [0.05, 0.1) is 18.8 Å². The third-order valence-corrected chi connectivity index (χ3v) is 7.86. The van der Waals surface area contributed by atoms with Crippen LogP contribution in [0.4, 0.5) is 0 Å². The van der Waals surface area contributed by atoms with E-state index in [9.17, 15) is 20.1 Å². The van der Waals surface area contributed by atoms with E-state index >= 15 is 0 Å². The molecule has 4 N–H and O–H groups in total. The van der Waals surface area contributed by atoms with E-state index in [1.165, 1.54) is 89.0 Å². The molecule has 1 rings (SSSR count). The number of carbonyl (C=O) groups is 1. The van der Waals surface area contributed by atoms with E-state index in [4.69, 9.17) is 0 Å². The lowest BCUT2D eigenvalue weighted by atomic mass is 9.91. The van der Waals surface area contributed by atoms with Crippen LogP contribution in [0, 0.1) is 0 Å². The minimum atomic E-state index is -1.13. The summed E-state index contributed by atoms with van der Waals surface area (Å²) in [5, 5.41) is 33.0. The van der Waals surface area contributed by atoms with Crippen LogP contribution in [0.25, 0.3) is 0 Å². The third-order valence-electron chi connectivity index (χ3n) is 7.86. The molecule has 0 saturated heterocycles. The highest BCUT2D eigenvalue weighted by Gasteiger charge is 2.32. The van der Waals surface area contributed by atoms with Crippen LogP contribution in [-0.4, -0.2) is 46.1 Å². The zero-order valence-electron chi connectivity index (χ0n) is 24.7. The Bertz CT molecular complexity index is 687. The van der Waals surface area contributed by atoms with Gasteiger partial charge in [-0.25, -0.2) is 0 Å². The van der Waals surface area contributed by atoms with Crippen LogP contribution < -0.4 is 5.32 Å². The molecule has 1 aromatic rings. The topological polar surface area (TPSA) is 89.8 Å². The smallest absolute Gasteiger partial charge is 0.249 e. The third kappa shape index (κ3) is 15.9. The fourth-order valence-corrected chi connectivity index (χ4v) is 5.02. The number of hydrogen-bond acceptors (Lipinski definition) is 4. The first-order chi connectivity index (χ1) is 18.5. The first-order valence-corrected chi connectivity index (χ1v) is 15.8. The number of aliphatic hydroxyl groups is 3. The van der Waals surface area contributed by atoms with Gasteiger partial charge in [-0.1, -0.05) is 134 Å². The maximum atomic E-state index is 12.6. The maximum absolute atomic E-state index is 12.6. The van der Waals surface area contributed by atoms with Crippen LogP contribution in [0.15, 0.2) is 24.3 Å². The first-order valence-electron chi connectivity index (χ1n) is 15.8. The number of aryl methyl sites for hydroxylation is 2. The maximum Gasteiger partial charge on any atom is 0.249 e. The van der Waals surface area contributed by atoms with Gasteiger partial charge in [0, 0.05) is 0 Å². The highest BCUT2D eigenvalue weighted by atomic mass is 16.3. The van der Waals surface area contributed by atoms with Gasteiger partial charge in [-0.05, 0) is 43.2 Å². The molecule has 0 aromatic heterocycles. The zero-order chi connectivity index (χ0) is 27.9. The van der Waals surface area contributed by atoms with E-state index < -0.39 is 17.6 Å². The second-order valence-electron chi connectivity index (χ2n) is 11.4. The normalized spacial score (nSPS) is 12.6. The fraction of sp³-hybridized carbons (Fsp3) is 0.788. The molecule has 1 aromatic carbocycles. The minimum absolute atomic E-state index is 0.365. The predicted octanol–water partition coefficient (Wildman–Crippen LogP) is 7.03. The average Bonchev–Trinajstić information content (AvgIpc) is 2.94. The molecule has 0 saturated carbocycles. The van der Waals surface area contributed by atoms with Gasteiger partial charge < -0.3 is 20.6 Å². The SMILES string of the molecule is CCCCCCCCCCCCc1ccc(CCC(CO)(CO)NC(=O)C(O)CCCCCCCC)cc1. The van der Waals surface area contributed by atoms with Gasteiger partial charge in [-0.15, -0.1) is 0 Å². The van der Waals surface area contributed by atoms with Crippen molar-refractivity contribution in [3.05, 3.63) is 35.4 Å². The Labute approximate surface area is 233 Å². The summed E-state index contributed by atoms with van der Waals surface area (Å²) in [6.07, 6.45) is 21.4. The Balaban J connectivity index is 2.33. The van der Waals surface area contributed by atoms with E-state index in [0.29, 0.717) is 19.3 Å². The number of rotatable bonds is 25. The fourth-order valence-electron chi connectivity index (χ4n) is 5.02. The van der Waals surface area contributed by atoms with E-state index in [1.54, 1.807) is 0 Å². The molecule has 0 aliphatic heterocycles. The van der Waals surface area contributed by atoms with Gasteiger partial charge in [0.15, 0.2) is 0 Å². The molecule has 0 heterocycles. The number of aliphatic hydroxyl groups excluding tert-OH is 3. The predicted molar refractivity (Wildman–Crippen MR) is 159 cm³/mol. The van der Waals surface area contributed by atoms with Crippen molar-refractivity contribution >= 4 is 5.91 Å². The molecule has 220 valence electrons. The molecule has 1 atom stereocenters. The number of benzene rings is 1. The van der Waals surface area contributed by atoms with Gasteiger partial charge in [-0.2, -0.15) is 0 Å². The standard InChI is InChI=1S/C33H59NO4/c1-3-5-7-9-11-12-13-14-15-17-19-29-21-23-30(24-22-29)25-26-33(27-35,28-36)34-32(38)31(37)20-18-16-10-8-6-4-2/h21-24,31,35-37H,3-20,25-28H2,1-2H3,(H,34,38). The summed E-state index contributed by atoms with van der Waals surface area (Å²) in [6, 6.07) is 8.57. The number of hydrogen-bond donors (Lipinski definition) is 4. The summed E-state index contributed by atoms with van der Waals surface area (Å²) in [5.41, 5.74) is 1.33. The Morgan fingerprint density at radius 1 is 0.684 bits per heavy atom.